The third-order valence-corrected chi connectivity index (χ3v) is 2.94. The zero-order valence-corrected chi connectivity index (χ0v) is 14.0. The van der Waals surface area contributed by atoms with E-state index in [0.717, 1.165) is 22.3 Å². The molecular weight excluding hydrogens is 339 g/mol. The van der Waals surface area contributed by atoms with Gasteiger partial charge in [0, 0.05) is 24.8 Å². The Kier molecular flexibility index (Phi) is 9.60. The summed E-state index contributed by atoms with van der Waals surface area (Å²) in [6.45, 7) is 3.92. The molecule has 5 heteroatoms. The molecule has 23 heavy (non-hydrogen) atoms. The summed E-state index contributed by atoms with van der Waals surface area (Å²) in [6.07, 6.45) is 0.000556. The normalized spacial score (nSPS) is 9.13. The van der Waals surface area contributed by atoms with Gasteiger partial charge in [-0.1, -0.05) is 59.7 Å². The average molecular weight is 357 g/mol. The smallest absolute Gasteiger partial charge is 0.550 e. The number of carboxylic acid groups (broad SMARTS) is 2. The van der Waals surface area contributed by atoms with Crippen molar-refractivity contribution in [2.75, 3.05) is 0 Å². The Labute approximate surface area is 146 Å². The first-order valence-electron chi connectivity index (χ1n) is 6.87. The van der Waals surface area contributed by atoms with Gasteiger partial charge in [-0.05, 0) is 25.0 Å². The van der Waals surface area contributed by atoms with Crippen LogP contribution >= 0.6 is 0 Å². The summed E-state index contributed by atoms with van der Waals surface area (Å²) in [5.74, 6) is -2.07. The Balaban J connectivity index is 0.000000403. The standard InChI is InChI=1S/2C9H10O2.Ni/c2*1-7-2-4-8(5-3-7)6-9(10)11;/h2*2-5H,6H2,1H3,(H,10,11);/q;;+2/p-2. The monoisotopic (exact) mass is 356 g/mol. The van der Waals surface area contributed by atoms with E-state index in [1.165, 1.54) is 0 Å². The molecule has 0 heterocycles. The van der Waals surface area contributed by atoms with Crippen molar-refractivity contribution in [2.45, 2.75) is 26.7 Å². The summed E-state index contributed by atoms with van der Waals surface area (Å²) in [5.41, 5.74) is 3.84. The van der Waals surface area contributed by atoms with Crippen molar-refractivity contribution in [3.05, 3.63) is 70.8 Å². The second-order valence-corrected chi connectivity index (χ2v) is 5.07. The molecule has 124 valence electrons. The van der Waals surface area contributed by atoms with Crippen molar-refractivity contribution in [2.24, 2.45) is 0 Å². The number of benzene rings is 2. The van der Waals surface area contributed by atoms with E-state index in [9.17, 15) is 19.8 Å². The van der Waals surface area contributed by atoms with Gasteiger partial charge in [0.25, 0.3) is 0 Å². The molecule has 2 aromatic carbocycles. The molecule has 0 atom stereocenters. The molecule has 0 aliphatic carbocycles. The fourth-order valence-electron chi connectivity index (χ4n) is 1.75. The Morgan fingerprint density at radius 1 is 0.696 bits per heavy atom. The zero-order valence-electron chi connectivity index (χ0n) is 13.0. The molecule has 0 saturated carbocycles. The number of carbonyl (C=O) groups excluding carboxylic acids is 2. The van der Waals surface area contributed by atoms with E-state index in [4.69, 9.17) is 0 Å². The van der Waals surface area contributed by atoms with Gasteiger partial charge in [-0.3, -0.25) is 0 Å². The Morgan fingerprint density at radius 3 is 1.17 bits per heavy atom. The molecule has 0 aliphatic heterocycles. The summed E-state index contributed by atoms with van der Waals surface area (Å²) in [4.78, 5) is 20.3. The van der Waals surface area contributed by atoms with Crippen LogP contribution in [0.5, 0.6) is 0 Å². The molecule has 4 nitrogen and oxygen atoms in total. The fourth-order valence-corrected chi connectivity index (χ4v) is 1.75. The molecule has 0 fully saturated rings. The van der Waals surface area contributed by atoms with Crippen molar-refractivity contribution >= 4 is 11.9 Å². The quantitative estimate of drug-likeness (QED) is 0.750. The first-order valence-corrected chi connectivity index (χ1v) is 6.87. The molecule has 0 amide bonds. The van der Waals surface area contributed by atoms with Gasteiger partial charge >= 0.3 is 16.5 Å². The third-order valence-electron chi connectivity index (χ3n) is 2.94. The van der Waals surface area contributed by atoms with E-state index < -0.39 is 11.9 Å². The van der Waals surface area contributed by atoms with Crippen LogP contribution in [-0.2, 0) is 38.9 Å². The van der Waals surface area contributed by atoms with Gasteiger partial charge in [0.15, 0.2) is 0 Å². The van der Waals surface area contributed by atoms with Crippen molar-refractivity contribution in [3.63, 3.8) is 0 Å². The SMILES string of the molecule is Cc1ccc(CC(=O)[O-])cc1.Cc1ccc(CC(=O)[O-])cc1.[Ni+2]. The first-order chi connectivity index (χ1) is 10.4. The topological polar surface area (TPSA) is 80.3 Å². The van der Waals surface area contributed by atoms with E-state index in [2.05, 4.69) is 0 Å². The predicted octanol–water partition coefficient (Wildman–Crippen LogP) is 0.572. The van der Waals surface area contributed by atoms with Crippen LogP contribution in [0.3, 0.4) is 0 Å². The molecular formula is C18H18NiO4. The van der Waals surface area contributed by atoms with Gasteiger partial charge in [0.05, 0.1) is 0 Å². The maximum Gasteiger partial charge on any atom is 2.00 e. The van der Waals surface area contributed by atoms with E-state index >= 15 is 0 Å². The number of aryl methyl sites for hydroxylation is 2. The van der Waals surface area contributed by atoms with Crippen molar-refractivity contribution < 1.29 is 36.3 Å². The minimum absolute atomic E-state index is 0. The molecule has 2 rings (SSSR count). The zero-order chi connectivity index (χ0) is 16.5. The Hall–Kier alpha value is -2.13. The molecule has 0 saturated heterocycles. The maximum absolute atomic E-state index is 10.1. The van der Waals surface area contributed by atoms with Gasteiger partial charge in [-0.25, -0.2) is 0 Å². The predicted molar refractivity (Wildman–Crippen MR) is 79.8 cm³/mol. The summed E-state index contributed by atoms with van der Waals surface area (Å²) >= 11 is 0. The van der Waals surface area contributed by atoms with Crippen LogP contribution < -0.4 is 10.2 Å². The van der Waals surface area contributed by atoms with Gasteiger partial charge in [-0.15, -0.1) is 0 Å². The second kappa shape index (κ2) is 10.6. The van der Waals surface area contributed by atoms with Crippen LogP contribution in [0.25, 0.3) is 0 Å². The minimum atomic E-state index is -1.03. The second-order valence-electron chi connectivity index (χ2n) is 5.07. The number of carbonyl (C=O) groups is 2. The number of hydrogen-bond donors (Lipinski definition) is 0. The summed E-state index contributed by atoms with van der Waals surface area (Å²) in [6, 6.07) is 14.7. The molecule has 0 aromatic heterocycles. The molecule has 0 radical (unpaired) electrons. The first kappa shape index (κ1) is 20.9. The van der Waals surface area contributed by atoms with Gasteiger partial charge in [0.2, 0.25) is 0 Å². The molecule has 0 unspecified atom stereocenters. The van der Waals surface area contributed by atoms with Crippen molar-refractivity contribution in [1.82, 2.24) is 0 Å². The van der Waals surface area contributed by atoms with E-state index in [-0.39, 0.29) is 29.3 Å². The van der Waals surface area contributed by atoms with E-state index in [1.54, 1.807) is 24.3 Å². The van der Waals surface area contributed by atoms with E-state index in [1.807, 2.05) is 38.1 Å². The van der Waals surface area contributed by atoms with Crippen LogP contribution in [0.1, 0.15) is 22.3 Å². The molecule has 0 aliphatic rings. The van der Waals surface area contributed by atoms with Gasteiger partial charge in [-0.2, -0.15) is 0 Å². The minimum Gasteiger partial charge on any atom is -0.550 e. The third kappa shape index (κ3) is 9.48. The van der Waals surface area contributed by atoms with Crippen LogP contribution in [0.2, 0.25) is 0 Å². The number of carboxylic acids is 2. The number of aliphatic carboxylic acids is 2. The van der Waals surface area contributed by atoms with Crippen molar-refractivity contribution in [3.8, 4) is 0 Å². The molecule has 0 N–H and O–H groups in total. The van der Waals surface area contributed by atoms with Crippen LogP contribution in [0.15, 0.2) is 48.5 Å². The van der Waals surface area contributed by atoms with Crippen LogP contribution in [0.4, 0.5) is 0 Å². The Morgan fingerprint density at radius 2 is 0.957 bits per heavy atom. The molecule has 0 spiro atoms. The number of rotatable bonds is 4. The summed E-state index contributed by atoms with van der Waals surface area (Å²) in [7, 11) is 0. The number of hydrogen-bond acceptors (Lipinski definition) is 4. The van der Waals surface area contributed by atoms with Gasteiger partial charge < -0.3 is 19.8 Å². The van der Waals surface area contributed by atoms with Crippen LogP contribution in [-0.4, -0.2) is 11.9 Å². The van der Waals surface area contributed by atoms with Gasteiger partial charge in [0.1, 0.15) is 0 Å². The van der Waals surface area contributed by atoms with Crippen molar-refractivity contribution in [1.29, 1.82) is 0 Å². The van der Waals surface area contributed by atoms with E-state index in [0.29, 0.717) is 0 Å². The Bertz CT molecular complexity index is 561. The average Bonchev–Trinajstić information content (AvgIpc) is 2.44. The fraction of sp³-hybridized carbons (Fsp3) is 0.222. The molecule has 0 bridgehead atoms. The largest absolute Gasteiger partial charge is 2.00 e. The summed E-state index contributed by atoms with van der Waals surface area (Å²) in [5, 5.41) is 20.3. The summed E-state index contributed by atoms with van der Waals surface area (Å²) < 4.78 is 0. The maximum atomic E-state index is 10.1. The molecule has 2 aromatic rings. The van der Waals surface area contributed by atoms with Crippen LogP contribution in [0, 0.1) is 13.8 Å².